The van der Waals surface area contributed by atoms with E-state index < -0.39 is 6.09 Å². The Balaban J connectivity index is 2.42. The van der Waals surface area contributed by atoms with Gasteiger partial charge < -0.3 is 9.52 Å². The molecule has 1 amide bonds. The molecule has 2 N–H and O–H groups in total. The van der Waals surface area contributed by atoms with E-state index >= 15 is 0 Å². The van der Waals surface area contributed by atoms with Crippen molar-refractivity contribution in [3.05, 3.63) is 24.6 Å². The molecule has 0 unspecified atom stereocenters. The zero-order chi connectivity index (χ0) is 9.26. The summed E-state index contributed by atoms with van der Waals surface area (Å²) in [6.07, 6.45) is 0.216. The van der Waals surface area contributed by atoms with E-state index in [-0.39, 0.29) is 0 Å². The predicted octanol–water partition coefficient (Wildman–Crippen LogP) is 1.92. The topological polar surface area (TPSA) is 75.4 Å². The molecule has 0 saturated carbocycles. The van der Waals surface area contributed by atoms with Crippen molar-refractivity contribution in [1.29, 1.82) is 0 Å². The standard InChI is InChI=1S/C8H6N2O3/c11-8(12)10-5-1-2-6-7(3-5)13-4-9-6/h1-4,10H,(H,11,12). The molecule has 0 radical (unpaired) electrons. The molecule has 1 aromatic heterocycles. The van der Waals surface area contributed by atoms with Crippen molar-refractivity contribution in [2.24, 2.45) is 0 Å². The van der Waals surface area contributed by atoms with E-state index in [4.69, 9.17) is 9.52 Å². The largest absolute Gasteiger partial charge is 0.465 e. The van der Waals surface area contributed by atoms with Crippen LogP contribution in [0, 0.1) is 0 Å². The molecule has 0 saturated heterocycles. The lowest BCUT2D eigenvalue weighted by Gasteiger charge is -1.98. The minimum Gasteiger partial charge on any atom is -0.465 e. The average Bonchev–Trinajstić information content (AvgIpc) is 2.49. The fourth-order valence-corrected chi connectivity index (χ4v) is 1.06. The summed E-state index contributed by atoms with van der Waals surface area (Å²) in [6.45, 7) is 0. The van der Waals surface area contributed by atoms with Gasteiger partial charge in [0, 0.05) is 11.8 Å². The number of aromatic nitrogens is 1. The fraction of sp³-hybridized carbons (Fsp3) is 0. The second-order valence-corrected chi connectivity index (χ2v) is 2.47. The molecule has 0 aliphatic carbocycles. The number of hydrogen-bond donors (Lipinski definition) is 2. The van der Waals surface area contributed by atoms with Gasteiger partial charge in [0.2, 0.25) is 0 Å². The molecule has 1 heterocycles. The molecular formula is C8H6N2O3. The Morgan fingerprint density at radius 3 is 3.15 bits per heavy atom. The maximum atomic E-state index is 10.3. The van der Waals surface area contributed by atoms with Crippen molar-refractivity contribution >= 4 is 22.9 Å². The van der Waals surface area contributed by atoms with Gasteiger partial charge in [-0.2, -0.15) is 0 Å². The summed E-state index contributed by atoms with van der Waals surface area (Å²) in [5.41, 5.74) is 1.74. The average molecular weight is 178 g/mol. The molecular weight excluding hydrogens is 172 g/mol. The summed E-state index contributed by atoms with van der Waals surface area (Å²) in [7, 11) is 0. The highest BCUT2D eigenvalue weighted by Gasteiger charge is 2.01. The monoisotopic (exact) mass is 178 g/mol. The molecule has 66 valence electrons. The van der Waals surface area contributed by atoms with Crippen molar-refractivity contribution in [2.75, 3.05) is 5.32 Å². The molecule has 0 atom stereocenters. The molecule has 13 heavy (non-hydrogen) atoms. The molecule has 1 aromatic carbocycles. The van der Waals surface area contributed by atoms with Crippen LogP contribution in [0.5, 0.6) is 0 Å². The van der Waals surface area contributed by atoms with Crippen LogP contribution in [-0.4, -0.2) is 16.2 Å². The summed E-state index contributed by atoms with van der Waals surface area (Å²) in [4.78, 5) is 14.2. The third-order valence-corrected chi connectivity index (χ3v) is 1.58. The molecule has 0 spiro atoms. The number of carbonyl (C=O) groups is 1. The first kappa shape index (κ1) is 7.60. The first-order valence-electron chi connectivity index (χ1n) is 3.59. The molecule has 2 rings (SSSR count). The van der Waals surface area contributed by atoms with Gasteiger partial charge in [0.25, 0.3) is 0 Å². The summed E-state index contributed by atoms with van der Waals surface area (Å²) < 4.78 is 5.00. The van der Waals surface area contributed by atoms with Gasteiger partial charge in [-0.3, -0.25) is 5.32 Å². The number of fused-ring (bicyclic) bond motifs is 1. The zero-order valence-electron chi connectivity index (χ0n) is 6.52. The van der Waals surface area contributed by atoms with E-state index in [1.54, 1.807) is 18.2 Å². The van der Waals surface area contributed by atoms with Crippen molar-refractivity contribution in [3.63, 3.8) is 0 Å². The number of benzene rings is 1. The number of nitrogens with one attached hydrogen (secondary N) is 1. The highest BCUT2D eigenvalue weighted by atomic mass is 16.4. The van der Waals surface area contributed by atoms with E-state index in [0.717, 1.165) is 0 Å². The van der Waals surface area contributed by atoms with Crippen LogP contribution in [0.15, 0.2) is 29.0 Å². The zero-order valence-corrected chi connectivity index (χ0v) is 6.52. The van der Waals surface area contributed by atoms with Crippen molar-refractivity contribution < 1.29 is 14.3 Å². The minimum absolute atomic E-state index is 0.469. The molecule has 5 heteroatoms. The van der Waals surface area contributed by atoms with E-state index in [1.165, 1.54) is 6.39 Å². The number of anilines is 1. The molecule has 5 nitrogen and oxygen atoms in total. The third kappa shape index (κ3) is 1.44. The van der Waals surface area contributed by atoms with E-state index in [9.17, 15) is 4.79 Å². The number of rotatable bonds is 1. The lowest BCUT2D eigenvalue weighted by Crippen LogP contribution is -2.06. The summed E-state index contributed by atoms with van der Waals surface area (Å²) in [5.74, 6) is 0. The number of nitrogens with zero attached hydrogens (tertiary/aromatic N) is 1. The first-order chi connectivity index (χ1) is 6.25. The Labute approximate surface area is 73.0 Å². The van der Waals surface area contributed by atoms with Crippen LogP contribution < -0.4 is 5.32 Å². The Morgan fingerprint density at radius 1 is 1.54 bits per heavy atom. The molecule has 0 bridgehead atoms. The second kappa shape index (κ2) is 2.78. The van der Waals surface area contributed by atoms with Gasteiger partial charge in [0.05, 0.1) is 0 Å². The summed E-state index contributed by atoms with van der Waals surface area (Å²) in [5, 5.41) is 10.6. The van der Waals surface area contributed by atoms with Crippen LogP contribution in [0.1, 0.15) is 0 Å². The minimum atomic E-state index is -1.10. The van der Waals surface area contributed by atoms with Gasteiger partial charge in [-0.05, 0) is 12.1 Å². The van der Waals surface area contributed by atoms with Crippen molar-refractivity contribution in [2.45, 2.75) is 0 Å². The second-order valence-electron chi connectivity index (χ2n) is 2.47. The first-order valence-corrected chi connectivity index (χ1v) is 3.59. The smallest absolute Gasteiger partial charge is 0.409 e. The Hall–Kier alpha value is -2.04. The lowest BCUT2D eigenvalue weighted by atomic mass is 10.3. The Kier molecular flexibility index (Phi) is 1.63. The van der Waals surface area contributed by atoms with E-state index in [1.807, 2.05) is 0 Å². The van der Waals surface area contributed by atoms with Crippen molar-refractivity contribution in [3.8, 4) is 0 Å². The highest BCUT2D eigenvalue weighted by Crippen LogP contribution is 2.17. The number of carboxylic acid groups (broad SMARTS) is 1. The maximum absolute atomic E-state index is 10.3. The third-order valence-electron chi connectivity index (χ3n) is 1.58. The summed E-state index contributed by atoms with van der Waals surface area (Å²) in [6, 6.07) is 4.89. The number of amides is 1. The van der Waals surface area contributed by atoms with Gasteiger partial charge >= 0.3 is 6.09 Å². The lowest BCUT2D eigenvalue weighted by molar-refractivity contribution is 0.210. The van der Waals surface area contributed by atoms with Crippen LogP contribution in [-0.2, 0) is 0 Å². The van der Waals surface area contributed by atoms with Gasteiger partial charge in [-0.15, -0.1) is 0 Å². The predicted molar refractivity (Wildman–Crippen MR) is 45.7 cm³/mol. The van der Waals surface area contributed by atoms with Crippen LogP contribution >= 0.6 is 0 Å². The summed E-state index contributed by atoms with van der Waals surface area (Å²) >= 11 is 0. The number of oxazole rings is 1. The SMILES string of the molecule is O=C(O)Nc1ccc2ncoc2c1. The fourth-order valence-electron chi connectivity index (χ4n) is 1.06. The Morgan fingerprint density at radius 2 is 2.38 bits per heavy atom. The van der Waals surface area contributed by atoms with Crippen LogP contribution in [0.2, 0.25) is 0 Å². The van der Waals surface area contributed by atoms with E-state index in [2.05, 4.69) is 10.3 Å². The highest BCUT2D eigenvalue weighted by molar-refractivity contribution is 5.86. The van der Waals surface area contributed by atoms with Gasteiger partial charge in [-0.1, -0.05) is 0 Å². The quantitative estimate of drug-likeness (QED) is 0.699. The van der Waals surface area contributed by atoms with Crippen LogP contribution in [0.4, 0.5) is 10.5 Å². The van der Waals surface area contributed by atoms with E-state index in [0.29, 0.717) is 16.8 Å². The van der Waals surface area contributed by atoms with Gasteiger partial charge in [-0.25, -0.2) is 9.78 Å². The van der Waals surface area contributed by atoms with Gasteiger partial charge in [0.1, 0.15) is 5.52 Å². The van der Waals surface area contributed by atoms with Crippen LogP contribution in [0.3, 0.4) is 0 Å². The molecule has 2 aromatic rings. The van der Waals surface area contributed by atoms with Crippen LogP contribution in [0.25, 0.3) is 11.1 Å². The van der Waals surface area contributed by atoms with Gasteiger partial charge in [0.15, 0.2) is 12.0 Å². The molecule has 0 aliphatic heterocycles. The number of hydrogen-bond acceptors (Lipinski definition) is 3. The maximum Gasteiger partial charge on any atom is 0.409 e. The normalized spacial score (nSPS) is 10.2. The molecule has 0 fully saturated rings. The van der Waals surface area contributed by atoms with Crippen molar-refractivity contribution in [1.82, 2.24) is 4.98 Å². The molecule has 0 aliphatic rings. The Bertz CT molecular complexity index is 449.